The summed E-state index contributed by atoms with van der Waals surface area (Å²) in [5.41, 5.74) is -1.01. The number of rotatable bonds is 1. The molecule has 0 spiro atoms. The molecule has 1 saturated heterocycles. The first-order valence-corrected chi connectivity index (χ1v) is 4.79. The van der Waals surface area contributed by atoms with Crippen molar-refractivity contribution >= 4 is 6.03 Å². The monoisotopic (exact) mass is 248 g/mol. The van der Waals surface area contributed by atoms with Gasteiger partial charge >= 0.3 is 12.2 Å². The van der Waals surface area contributed by atoms with Crippen LogP contribution in [0.4, 0.5) is 22.4 Å². The molecule has 1 aliphatic rings. The van der Waals surface area contributed by atoms with Gasteiger partial charge in [0.1, 0.15) is 5.82 Å². The smallest absolute Gasteiger partial charge is 0.336 e. The average molecular weight is 248 g/mol. The van der Waals surface area contributed by atoms with Crippen LogP contribution in [-0.4, -0.2) is 12.6 Å². The zero-order valence-corrected chi connectivity index (χ0v) is 8.44. The van der Waals surface area contributed by atoms with Crippen LogP contribution in [0, 0.1) is 5.82 Å². The number of hydrogen-bond acceptors (Lipinski definition) is 1. The minimum absolute atomic E-state index is 0.226. The molecule has 92 valence electrons. The van der Waals surface area contributed by atoms with Crippen LogP contribution in [0.25, 0.3) is 0 Å². The molecule has 2 N–H and O–H groups in total. The lowest BCUT2D eigenvalue weighted by atomic mass is 10.0. The topological polar surface area (TPSA) is 41.1 Å². The Morgan fingerprint density at radius 2 is 2.00 bits per heavy atom. The van der Waals surface area contributed by atoms with Gasteiger partial charge in [0.05, 0.1) is 11.6 Å². The van der Waals surface area contributed by atoms with Crippen LogP contribution in [-0.2, 0) is 6.18 Å². The maximum Gasteiger partial charge on any atom is 0.419 e. The molecular weight excluding hydrogens is 240 g/mol. The van der Waals surface area contributed by atoms with Crippen LogP contribution >= 0.6 is 0 Å². The Morgan fingerprint density at radius 1 is 1.29 bits per heavy atom. The summed E-state index contributed by atoms with van der Waals surface area (Å²) in [6, 6.07) is 1.70. The van der Waals surface area contributed by atoms with E-state index in [4.69, 9.17) is 0 Å². The Bertz CT molecular complexity index is 458. The Hall–Kier alpha value is -1.79. The van der Waals surface area contributed by atoms with Gasteiger partial charge in [0.2, 0.25) is 0 Å². The maximum atomic E-state index is 13.2. The molecule has 0 bridgehead atoms. The van der Waals surface area contributed by atoms with Crippen molar-refractivity contribution in [2.75, 3.05) is 6.54 Å². The summed E-state index contributed by atoms with van der Waals surface area (Å²) in [5, 5.41) is 4.90. The van der Waals surface area contributed by atoms with E-state index in [1.807, 2.05) is 0 Å². The van der Waals surface area contributed by atoms with E-state index in [2.05, 4.69) is 10.6 Å². The normalized spacial score (nSPS) is 20.0. The fourth-order valence-corrected chi connectivity index (χ4v) is 1.63. The third-order valence-electron chi connectivity index (χ3n) is 2.47. The van der Waals surface area contributed by atoms with Gasteiger partial charge in [-0.1, -0.05) is 6.07 Å². The standard InChI is InChI=1S/C10H8F4N2O/c11-7-3-5(8-4-15-9(17)16-8)1-2-6(7)10(12,13)14/h1-3,8H,4H2,(H2,15,16,17)/t8-/m0/s1. The molecule has 0 radical (unpaired) electrons. The first-order chi connectivity index (χ1) is 7.88. The van der Waals surface area contributed by atoms with Crippen LogP contribution in [0.15, 0.2) is 18.2 Å². The van der Waals surface area contributed by atoms with E-state index in [1.165, 1.54) is 0 Å². The number of urea groups is 1. The van der Waals surface area contributed by atoms with E-state index < -0.39 is 29.6 Å². The molecule has 2 amide bonds. The molecule has 0 unspecified atom stereocenters. The van der Waals surface area contributed by atoms with Crippen molar-refractivity contribution < 1.29 is 22.4 Å². The molecule has 1 aliphatic heterocycles. The molecule has 17 heavy (non-hydrogen) atoms. The fourth-order valence-electron chi connectivity index (χ4n) is 1.63. The van der Waals surface area contributed by atoms with Crippen molar-refractivity contribution in [1.29, 1.82) is 0 Å². The summed E-state index contributed by atoms with van der Waals surface area (Å²) in [7, 11) is 0. The van der Waals surface area contributed by atoms with Gasteiger partial charge in [0.15, 0.2) is 0 Å². The van der Waals surface area contributed by atoms with E-state index >= 15 is 0 Å². The van der Waals surface area contributed by atoms with E-state index in [0.29, 0.717) is 11.6 Å². The number of carbonyl (C=O) groups is 1. The molecule has 0 aromatic heterocycles. The Balaban J connectivity index is 2.28. The van der Waals surface area contributed by atoms with Crippen LogP contribution in [0.5, 0.6) is 0 Å². The van der Waals surface area contributed by atoms with Crippen LogP contribution in [0.1, 0.15) is 17.2 Å². The summed E-state index contributed by atoms with van der Waals surface area (Å²) in [5.74, 6) is -1.34. The highest BCUT2D eigenvalue weighted by Gasteiger charge is 2.34. The van der Waals surface area contributed by atoms with Crippen LogP contribution in [0.2, 0.25) is 0 Å². The molecular formula is C10H8F4N2O. The van der Waals surface area contributed by atoms with Crippen molar-refractivity contribution in [2.45, 2.75) is 12.2 Å². The number of halogens is 4. The molecule has 7 heteroatoms. The van der Waals surface area contributed by atoms with Crippen molar-refractivity contribution in [1.82, 2.24) is 10.6 Å². The summed E-state index contributed by atoms with van der Waals surface area (Å²) in [4.78, 5) is 10.8. The molecule has 0 aliphatic carbocycles. The summed E-state index contributed by atoms with van der Waals surface area (Å²) < 4.78 is 50.1. The number of hydrogen-bond donors (Lipinski definition) is 2. The van der Waals surface area contributed by atoms with Crippen molar-refractivity contribution in [3.63, 3.8) is 0 Å². The highest BCUT2D eigenvalue weighted by molar-refractivity contribution is 5.76. The molecule has 1 heterocycles. The number of amides is 2. The van der Waals surface area contributed by atoms with Gasteiger partial charge in [-0.15, -0.1) is 0 Å². The summed E-state index contributed by atoms with van der Waals surface area (Å²) >= 11 is 0. The predicted octanol–water partition coefficient (Wildman–Crippen LogP) is 2.20. The van der Waals surface area contributed by atoms with Crippen molar-refractivity contribution in [3.05, 3.63) is 35.1 Å². The Labute approximate surface area is 93.8 Å². The minimum atomic E-state index is -4.71. The van der Waals surface area contributed by atoms with E-state index in [1.54, 1.807) is 0 Å². The predicted molar refractivity (Wildman–Crippen MR) is 50.7 cm³/mol. The van der Waals surface area contributed by atoms with Gasteiger partial charge < -0.3 is 10.6 Å². The van der Waals surface area contributed by atoms with Crippen molar-refractivity contribution in [3.8, 4) is 0 Å². The number of alkyl halides is 3. The average Bonchev–Trinajstić information content (AvgIpc) is 2.62. The second kappa shape index (κ2) is 3.90. The van der Waals surface area contributed by atoms with E-state index in [9.17, 15) is 22.4 Å². The zero-order chi connectivity index (χ0) is 12.6. The third-order valence-corrected chi connectivity index (χ3v) is 2.47. The number of carbonyl (C=O) groups excluding carboxylic acids is 1. The molecule has 1 atom stereocenters. The fraction of sp³-hybridized carbons (Fsp3) is 0.300. The van der Waals surface area contributed by atoms with E-state index in [-0.39, 0.29) is 6.54 Å². The van der Waals surface area contributed by atoms with Gasteiger partial charge in [0, 0.05) is 6.54 Å². The summed E-state index contributed by atoms with van der Waals surface area (Å²) in [6.45, 7) is 0.226. The maximum absolute atomic E-state index is 13.2. The highest BCUT2D eigenvalue weighted by atomic mass is 19.4. The Morgan fingerprint density at radius 3 is 2.47 bits per heavy atom. The third kappa shape index (κ3) is 2.32. The first kappa shape index (κ1) is 11.7. The molecule has 1 aromatic carbocycles. The van der Waals surface area contributed by atoms with Gasteiger partial charge in [-0.2, -0.15) is 13.2 Å². The molecule has 1 aromatic rings. The highest BCUT2D eigenvalue weighted by Crippen LogP contribution is 2.32. The largest absolute Gasteiger partial charge is 0.419 e. The van der Waals surface area contributed by atoms with Gasteiger partial charge in [-0.25, -0.2) is 9.18 Å². The molecule has 3 nitrogen and oxygen atoms in total. The lowest BCUT2D eigenvalue weighted by Crippen LogP contribution is -2.22. The quantitative estimate of drug-likeness (QED) is 0.735. The van der Waals surface area contributed by atoms with Crippen LogP contribution < -0.4 is 10.6 Å². The number of benzene rings is 1. The second-order valence-corrected chi connectivity index (χ2v) is 3.64. The minimum Gasteiger partial charge on any atom is -0.336 e. The van der Waals surface area contributed by atoms with Gasteiger partial charge in [-0.3, -0.25) is 0 Å². The first-order valence-electron chi connectivity index (χ1n) is 4.79. The molecule has 0 saturated carbocycles. The van der Waals surface area contributed by atoms with Crippen LogP contribution in [0.3, 0.4) is 0 Å². The van der Waals surface area contributed by atoms with E-state index in [0.717, 1.165) is 12.1 Å². The SMILES string of the molecule is O=C1NC[C@@H](c2ccc(C(F)(F)F)c(F)c2)N1. The lowest BCUT2D eigenvalue weighted by molar-refractivity contribution is -0.140. The number of nitrogens with one attached hydrogen (secondary N) is 2. The Kier molecular flexibility index (Phi) is 2.68. The molecule has 2 rings (SSSR count). The zero-order valence-electron chi connectivity index (χ0n) is 8.44. The summed E-state index contributed by atoms with van der Waals surface area (Å²) in [6.07, 6.45) is -4.71. The molecule has 1 fully saturated rings. The van der Waals surface area contributed by atoms with Crippen molar-refractivity contribution in [2.24, 2.45) is 0 Å². The van der Waals surface area contributed by atoms with Gasteiger partial charge in [-0.05, 0) is 17.7 Å². The second-order valence-electron chi connectivity index (χ2n) is 3.64. The lowest BCUT2D eigenvalue weighted by Gasteiger charge is -2.12. The van der Waals surface area contributed by atoms with Gasteiger partial charge in [0.25, 0.3) is 0 Å².